The zero-order valence-corrected chi connectivity index (χ0v) is 22.4. The van der Waals surface area contributed by atoms with Crippen molar-refractivity contribution in [2.75, 3.05) is 38.2 Å². The number of likely N-dealkylation sites (N-methyl/N-ethyl adjacent to an activating group) is 1. The fourth-order valence-corrected chi connectivity index (χ4v) is 6.63. The molecule has 0 aliphatic carbocycles. The van der Waals surface area contributed by atoms with Crippen LogP contribution in [0.15, 0.2) is 36.5 Å². The maximum Gasteiger partial charge on any atom is 0.319 e. The number of piperazine rings is 1. The van der Waals surface area contributed by atoms with E-state index in [-0.39, 0.29) is 28.3 Å². The van der Waals surface area contributed by atoms with Gasteiger partial charge in [-0.05, 0) is 50.7 Å². The molecule has 0 unspecified atom stereocenters. The van der Waals surface area contributed by atoms with Gasteiger partial charge in [0.2, 0.25) is 0 Å². The highest BCUT2D eigenvalue weighted by Crippen LogP contribution is 2.38. The molecule has 0 saturated carbocycles. The zero-order valence-electron chi connectivity index (χ0n) is 21.6. The van der Waals surface area contributed by atoms with Crippen LogP contribution in [0.2, 0.25) is 5.02 Å². The molecule has 202 valence electrons. The van der Waals surface area contributed by atoms with Gasteiger partial charge in [0.25, 0.3) is 0 Å². The Labute approximate surface area is 230 Å². The van der Waals surface area contributed by atoms with E-state index in [2.05, 4.69) is 32.1 Å². The average molecular weight is 551 g/mol. The van der Waals surface area contributed by atoms with E-state index in [1.54, 1.807) is 24.4 Å². The Morgan fingerprint density at radius 2 is 1.90 bits per heavy atom. The average Bonchev–Trinajstić information content (AvgIpc) is 3.52. The Bertz CT molecular complexity index is 1570. The van der Waals surface area contributed by atoms with Crippen molar-refractivity contribution in [3.05, 3.63) is 53.2 Å². The van der Waals surface area contributed by atoms with Gasteiger partial charge in [0, 0.05) is 48.4 Å². The van der Waals surface area contributed by atoms with Gasteiger partial charge in [-0.2, -0.15) is 9.97 Å². The zero-order chi connectivity index (χ0) is 26.7. The van der Waals surface area contributed by atoms with Crippen LogP contribution in [0.5, 0.6) is 6.01 Å². The molecular formula is C29H29ClF2N6O. The molecule has 3 saturated heterocycles. The van der Waals surface area contributed by atoms with Crippen molar-refractivity contribution in [2.45, 2.75) is 43.8 Å². The first-order valence-electron chi connectivity index (χ1n) is 13.5. The van der Waals surface area contributed by atoms with Crippen LogP contribution in [0.1, 0.15) is 25.7 Å². The molecule has 3 aliphatic heterocycles. The minimum atomic E-state index is -0.607. The number of benzene rings is 2. The predicted octanol–water partition coefficient (Wildman–Crippen LogP) is 5.19. The van der Waals surface area contributed by atoms with E-state index in [4.69, 9.17) is 21.3 Å². The van der Waals surface area contributed by atoms with E-state index in [1.807, 2.05) is 6.07 Å². The van der Waals surface area contributed by atoms with Crippen LogP contribution in [0.25, 0.3) is 32.9 Å². The smallest absolute Gasteiger partial charge is 0.319 e. The summed E-state index contributed by atoms with van der Waals surface area (Å²) in [5.74, 6) is -0.540. The van der Waals surface area contributed by atoms with Crippen LogP contribution in [-0.2, 0) is 0 Å². The number of aromatic nitrogens is 3. The number of anilines is 1. The summed E-state index contributed by atoms with van der Waals surface area (Å²) in [6.07, 6.45) is 6.00. The monoisotopic (exact) mass is 550 g/mol. The number of fused-ring (bicyclic) bond motifs is 4. The van der Waals surface area contributed by atoms with Gasteiger partial charge in [0.05, 0.1) is 10.4 Å². The fraction of sp³-hybridized carbons (Fsp3) is 0.414. The van der Waals surface area contributed by atoms with E-state index in [0.717, 1.165) is 45.3 Å². The van der Waals surface area contributed by atoms with Gasteiger partial charge in [-0.15, -0.1) is 0 Å². The first-order valence-corrected chi connectivity index (χ1v) is 13.9. The SMILES string of the molecule is CN1CCC[C@H]1COc1nc(N2C[C@H]3CC[C@@H](C2)N3)c2cnc(-c3cccc4ccc(F)c(Cl)c34)c(F)c2n1. The molecule has 1 N–H and O–H groups in total. The highest BCUT2D eigenvalue weighted by atomic mass is 35.5. The van der Waals surface area contributed by atoms with Gasteiger partial charge < -0.3 is 19.9 Å². The Morgan fingerprint density at radius 1 is 1.08 bits per heavy atom. The highest BCUT2D eigenvalue weighted by molar-refractivity contribution is 6.36. The quantitative estimate of drug-likeness (QED) is 0.367. The molecule has 3 atom stereocenters. The molecule has 7 nitrogen and oxygen atoms in total. The maximum atomic E-state index is 16.4. The van der Waals surface area contributed by atoms with Crippen molar-refractivity contribution in [3.63, 3.8) is 0 Å². The molecular weight excluding hydrogens is 522 g/mol. The van der Waals surface area contributed by atoms with Crippen molar-refractivity contribution < 1.29 is 13.5 Å². The molecule has 10 heteroatoms. The van der Waals surface area contributed by atoms with Crippen LogP contribution >= 0.6 is 11.6 Å². The largest absolute Gasteiger partial charge is 0.462 e. The second-order valence-corrected chi connectivity index (χ2v) is 11.3. The van der Waals surface area contributed by atoms with E-state index in [1.165, 1.54) is 6.07 Å². The molecule has 2 aromatic heterocycles. The molecule has 5 heterocycles. The van der Waals surface area contributed by atoms with E-state index in [0.29, 0.717) is 46.2 Å². The summed E-state index contributed by atoms with van der Waals surface area (Å²) < 4.78 is 37.0. The second-order valence-electron chi connectivity index (χ2n) is 10.9. The number of nitrogens with one attached hydrogen (secondary N) is 1. The number of ether oxygens (including phenoxy) is 1. The van der Waals surface area contributed by atoms with Crippen LogP contribution in [0.3, 0.4) is 0 Å². The lowest BCUT2D eigenvalue weighted by atomic mass is 10.0. The van der Waals surface area contributed by atoms with Crippen LogP contribution in [-0.4, -0.2) is 71.3 Å². The summed E-state index contributed by atoms with van der Waals surface area (Å²) in [5, 5.41) is 5.21. The summed E-state index contributed by atoms with van der Waals surface area (Å²) in [7, 11) is 2.08. The minimum Gasteiger partial charge on any atom is -0.462 e. The number of rotatable bonds is 5. The lowest BCUT2D eigenvalue weighted by Crippen LogP contribution is -2.51. The predicted molar refractivity (Wildman–Crippen MR) is 149 cm³/mol. The Balaban J connectivity index is 1.36. The molecule has 0 amide bonds. The molecule has 4 aromatic rings. The third kappa shape index (κ3) is 4.37. The Hall–Kier alpha value is -3.14. The normalized spacial score (nSPS) is 23.3. The first-order chi connectivity index (χ1) is 19.0. The fourth-order valence-electron chi connectivity index (χ4n) is 6.35. The van der Waals surface area contributed by atoms with Crippen molar-refractivity contribution in [1.29, 1.82) is 0 Å². The van der Waals surface area contributed by atoms with Gasteiger partial charge in [0.1, 0.15) is 29.5 Å². The van der Waals surface area contributed by atoms with Crippen molar-refractivity contribution in [1.82, 2.24) is 25.2 Å². The van der Waals surface area contributed by atoms with Gasteiger partial charge in [0.15, 0.2) is 5.82 Å². The molecule has 3 aliphatic rings. The van der Waals surface area contributed by atoms with E-state index in [9.17, 15) is 4.39 Å². The standard InChI is InChI=1S/C29H29ClF2N6O/c1-37-11-3-5-19(37)15-39-29-35-27-21(28(36-29)38-13-17-8-9-18(14-38)34-17)12-33-26(25(27)32)20-6-2-4-16-7-10-22(31)24(30)23(16)20/h2,4,6-7,10,12,17-19,34H,3,5,8-9,11,13-15H2,1H3/t17-,18+,19-/m0/s1. The highest BCUT2D eigenvalue weighted by Gasteiger charge is 2.34. The van der Waals surface area contributed by atoms with Crippen LogP contribution < -0.4 is 15.0 Å². The van der Waals surface area contributed by atoms with Gasteiger partial charge in [-0.3, -0.25) is 4.98 Å². The second kappa shape index (κ2) is 9.80. The number of hydrogen-bond donors (Lipinski definition) is 1. The third-order valence-electron chi connectivity index (χ3n) is 8.43. The van der Waals surface area contributed by atoms with Crippen molar-refractivity contribution in [2.24, 2.45) is 0 Å². The number of hydrogen-bond acceptors (Lipinski definition) is 7. The molecule has 0 spiro atoms. The van der Waals surface area contributed by atoms with E-state index < -0.39 is 11.6 Å². The molecule has 7 rings (SSSR count). The summed E-state index contributed by atoms with van der Waals surface area (Å²) in [4.78, 5) is 18.3. The summed E-state index contributed by atoms with van der Waals surface area (Å²) in [5.41, 5.74) is 0.606. The van der Waals surface area contributed by atoms with Crippen molar-refractivity contribution >= 4 is 39.1 Å². The minimum absolute atomic E-state index is 0.0613. The third-order valence-corrected chi connectivity index (χ3v) is 8.80. The number of nitrogens with zero attached hydrogens (tertiary/aromatic N) is 5. The lowest BCUT2D eigenvalue weighted by Gasteiger charge is -2.34. The Morgan fingerprint density at radius 3 is 2.67 bits per heavy atom. The number of likely N-dealkylation sites (tertiary alicyclic amines) is 1. The molecule has 2 aromatic carbocycles. The topological polar surface area (TPSA) is 66.4 Å². The number of pyridine rings is 1. The first kappa shape index (κ1) is 24.9. The Kier molecular flexibility index (Phi) is 6.25. The summed E-state index contributed by atoms with van der Waals surface area (Å²) in [6.45, 7) is 3.01. The van der Waals surface area contributed by atoms with Crippen LogP contribution in [0, 0.1) is 11.6 Å². The molecule has 39 heavy (non-hydrogen) atoms. The maximum absolute atomic E-state index is 16.4. The molecule has 0 radical (unpaired) electrons. The van der Waals surface area contributed by atoms with Gasteiger partial charge >= 0.3 is 6.01 Å². The van der Waals surface area contributed by atoms with Crippen LogP contribution in [0.4, 0.5) is 14.6 Å². The summed E-state index contributed by atoms with van der Waals surface area (Å²) in [6, 6.07) is 9.41. The van der Waals surface area contributed by atoms with Crippen molar-refractivity contribution in [3.8, 4) is 17.3 Å². The van der Waals surface area contributed by atoms with E-state index >= 15 is 4.39 Å². The summed E-state index contributed by atoms with van der Waals surface area (Å²) >= 11 is 6.36. The lowest BCUT2D eigenvalue weighted by molar-refractivity contribution is 0.188. The van der Waals surface area contributed by atoms with Gasteiger partial charge in [-0.1, -0.05) is 35.9 Å². The van der Waals surface area contributed by atoms with Gasteiger partial charge in [-0.25, -0.2) is 8.78 Å². The number of halogens is 3. The molecule has 3 fully saturated rings. The molecule has 2 bridgehead atoms.